The molecule has 1 aliphatic carbocycles. The molecule has 1 saturated carbocycles. The molecule has 2 fully saturated rings. The second-order valence-corrected chi connectivity index (χ2v) is 6.28. The summed E-state index contributed by atoms with van der Waals surface area (Å²) in [6.07, 6.45) is 8.05. The molecule has 0 aromatic rings. The number of morpholine rings is 1. The molecule has 0 amide bonds. The van der Waals surface area contributed by atoms with Crippen LogP contribution in [0.3, 0.4) is 0 Å². The van der Waals surface area contributed by atoms with Crippen molar-refractivity contribution in [3.63, 3.8) is 0 Å². The molecule has 1 saturated heterocycles. The van der Waals surface area contributed by atoms with Gasteiger partial charge in [-0.2, -0.15) is 0 Å². The highest BCUT2D eigenvalue weighted by Gasteiger charge is 2.41. The zero-order valence-electron chi connectivity index (χ0n) is 12.2. The first-order valence-corrected chi connectivity index (χ1v) is 7.76. The van der Waals surface area contributed by atoms with Gasteiger partial charge < -0.3 is 10.5 Å². The summed E-state index contributed by atoms with van der Waals surface area (Å²) < 4.78 is 5.57. The second kappa shape index (κ2) is 6.36. The van der Waals surface area contributed by atoms with Crippen LogP contribution in [0.5, 0.6) is 0 Å². The summed E-state index contributed by atoms with van der Waals surface area (Å²) in [7, 11) is 0. The summed E-state index contributed by atoms with van der Waals surface area (Å²) in [5.74, 6) is 0.950. The van der Waals surface area contributed by atoms with Crippen molar-refractivity contribution in [1.29, 1.82) is 0 Å². The largest absolute Gasteiger partial charge is 0.379 e. The van der Waals surface area contributed by atoms with E-state index in [2.05, 4.69) is 18.7 Å². The predicted octanol–water partition coefficient (Wildman–Crippen LogP) is 2.39. The van der Waals surface area contributed by atoms with E-state index >= 15 is 0 Å². The third-order valence-electron chi connectivity index (χ3n) is 5.09. The highest BCUT2D eigenvalue weighted by Crippen LogP contribution is 2.39. The van der Waals surface area contributed by atoms with Gasteiger partial charge in [0.15, 0.2) is 0 Å². The van der Waals surface area contributed by atoms with Crippen molar-refractivity contribution in [1.82, 2.24) is 4.90 Å². The molecule has 2 rings (SSSR count). The maximum atomic E-state index is 6.17. The Morgan fingerprint density at radius 3 is 2.61 bits per heavy atom. The Balaban J connectivity index is 1.98. The molecule has 106 valence electrons. The van der Waals surface area contributed by atoms with Crippen LogP contribution in [0.15, 0.2) is 0 Å². The number of hydrogen-bond donors (Lipinski definition) is 1. The molecule has 2 N–H and O–H groups in total. The molecule has 3 heteroatoms. The van der Waals surface area contributed by atoms with Crippen LogP contribution in [0.4, 0.5) is 0 Å². The summed E-state index contributed by atoms with van der Waals surface area (Å²) in [4.78, 5) is 2.65. The molecule has 1 atom stereocenters. The fourth-order valence-corrected chi connectivity index (χ4v) is 3.95. The van der Waals surface area contributed by atoms with E-state index < -0.39 is 0 Å². The Morgan fingerprint density at radius 2 is 2.06 bits per heavy atom. The van der Waals surface area contributed by atoms with E-state index in [4.69, 9.17) is 10.5 Å². The van der Waals surface area contributed by atoms with E-state index in [0.29, 0.717) is 6.04 Å². The number of nitrogens with zero attached hydrogens (tertiary/aromatic N) is 1. The van der Waals surface area contributed by atoms with E-state index in [-0.39, 0.29) is 5.54 Å². The lowest BCUT2D eigenvalue weighted by Crippen LogP contribution is -2.62. The predicted molar refractivity (Wildman–Crippen MR) is 75.6 cm³/mol. The average Bonchev–Trinajstić information content (AvgIpc) is 2.41. The zero-order chi connectivity index (χ0) is 13.0. The maximum Gasteiger partial charge on any atom is 0.0620 e. The molecule has 1 unspecified atom stereocenters. The number of hydrogen-bond acceptors (Lipinski definition) is 3. The van der Waals surface area contributed by atoms with Gasteiger partial charge in [-0.3, -0.25) is 4.90 Å². The molecule has 0 aromatic heterocycles. The Bertz CT molecular complexity index is 249. The zero-order valence-corrected chi connectivity index (χ0v) is 12.2. The van der Waals surface area contributed by atoms with E-state index in [1.807, 2.05) is 0 Å². The summed E-state index contributed by atoms with van der Waals surface area (Å²) in [6, 6.07) is 0.532. The van der Waals surface area contributed by atoms with E-state index in [1.165, 1.54) is 38.5 Å². The number of ether oxygens (including phenoxy) is 1. The Labute approximate surface area is 112 Å². The first-order valence-electron chi connectivity index (χ1n) is 7.76. The lowest BCUT2D eigenvalue weighted by atomic mass is 9.73. The highest BCUT2D eigenvalue weighted by molar-refractivity contribution is 4.98. The minimum absolute atomic E-state index is 0.271. The Kier molecular flexibility index (Phi) is 5.05. The first-order chi connectivity index (χ1) is 8.72. The van der Waals surface area contributed by atoms with Crippen LogP contribution < -0.4 is 5.73 Å². The van der Waals surface area contributed by atoms with Crippen LogP contribution in [0, 0.1) is 5.92 Å². The standard InChI is InChI=1S/C15H30N2O/c1-3-4-14-5-7-15(12-16,8-6-14)17-9-10-18-11-13(17)2/h13-14H,3-12,16H2,1-2H3. The van der Waals surface area contributed by atoms with Gasteiger partial charge in [-0.05, 0) is 38.5 Å². The highest BCUT2D eigenvalue weighted by atomic mass is 16.5. The van der Waals surface area contributed by atoms with Crippen molar-refractivity contribution < 1.29 is 4.74 Å². The molecule has 1 heterocycles. The third kappa shape index (κ3) is 2.89. The van der Waals surface area contributed by atoms with Gasteiger partial charge in [0.1, 0.15) is 0 Å². The van der Waals surface area contributed by atoms with Crippen molar-refractivity contribution in [2.75, 3.05) is 26.3 Å². The van der Waals surface area contributed by atoms with Crippen molar-refractivity contribution in [2.45, 2.75) is 64.0 Å². The molecule has 0 radical (unpaired) electrons. The van der Waals surface area contributed by atoms with Crippen LogP contribution in [-0.2, 0) is 4.74 Å². The Morgan fingerprint density at radius 1 is 1.33 bits per heavy atom. The lowest BCUT2D eigenvalue weighted by molar-refractivity contribution is -0.0729. The van der Waals surface area contributed by atoms with Crippen LogP contribution in [0.25, 0.3) is 0 Å². The van der Waals surface area contributed by atoms with Crippen LogP contribution >= 0.6 is 0 Å². The Hall–Kier alpha value is -0.120. The fraction of sp³-hybridized carbons (Fsp3) is 1.00. The van der Waals surface area contributed by atoms with Crippen LogP contribution in [0.2, 0.25) is 0 Å². The van der Waals surface area contributed by atoms with E-state index in [9.17, 15) is 0 Å². The van der Waals surface area contributed by atoms with Crippen molar-refractivity contribution in [2.24, 2.45) is 11.7 Å². The SMILES string of the molecule is CCCC1CCC(CN)(N2CCOCC2C)CC1. The summed E-state index contributed by atoms with van der Waals surface area (Å²) >= 11 is 0. The van der Waals surface area contributed by atoms with Gasteiger partial charge in [-0.15, -0.1) is 0 Å². The second-order valence-electron chi connectivity index (χ2n) is 6.28. The summed E-state index contributed by atoms with van der Waals surface area (Å²) in [5, 5.41) is 0. The summed E-state index contributed by atoms with van der Waals surface area (Å²) in [6.45, 7) is 8.22. The quantitative estimate of drug-likeness (QED) is 0.837. The topological polar surface area (TPSA) is 38.5 Å². The van der Waals surface area contributed by atoms with Crippen LogP contribution in [0.1, 0.15) is 52.4 Å². The smallest absolute Gasteiger partial charge is 0.0620 e. The molecule has 18 heavy (non-hydrogen) atoms. The third-order valence-corrected chi connectivity index (χ3v) is 5.09. The molecule has 2 aliphatic rings. The van der Waals surface area contributed by atoms with E-state index in [1.54, 1.807) is 0 Å². The lowest BCUT2D eigenvalue weighted by Gasteiger charge is -2.51. The van der Waals surface area contributed by atoms with Crippen molar-refractivity contribution in [3.8, 4) is 0 Å². The van der Waals surface area contributed by atoms with Crippen molar-refractivity contribution >= 4 is 0 Å². The molecule has 0 spiro atoms. The van der Waals surface area contributed by atoms with Gasteiger partial charge in [-0.25, -0.2) is 0 Å². The molecule has 3 nitrogen and oxygen atoms in total. The molecule has 0 aromatic carbocycles. The number of nitrogens with two attached hydrogens (primary N) is 1. The molecule has 1 aliphatic heterocycles. The molecular weight excluding hydrogens is 224 g/mol. The van der Waals surface area contributed by atoms with Gasteiger partial charge in [-0.1, -0.05) is 19.8 Å². The van der Waals surface area contributed by atoms with Gasteiger partial charge in [0, 0.05) is 24.7 Å². The first kappa shape index (κ1) is 14.3. The minimum atomic E-state index is 0.271. The minimum Gasteiger partial charge on any atom is -0.379 e. The number of rotatable bonds is 4. The maximum absolute atomic E-state index is 6.17. The molecule has 0 bridgehead atoms. The fourth-order valence-electron chi connectivity index (χ4n) is 3.95. The van der Waals surface area contributed by atoms with Gasteiger partial charge in [0.05, 0.1) is 13.2 Å². The average molecular weight is 254 g/mol. The normalized spacial score (nSPS) is 38.8. The van der Waals surface area contributed by atoms with Gasteiger partial charge in [0.25, 0.3) is 0 Å². The van der Waals surface area contributed by atoms with Crippen LogP contribution in [-0.4, -0.2) is 42.8 Å². The summed E-state index contributed by atoms with van der Waals surface area (Å²) in [5.41, 5.74) is 6.44. The van der Waals surface area contributed by atoms with Gasteiger partial charge >= 0.3 is 0 Å². The monoisotopic (exact) mass is 254 g/mol. The van der Waals surface area contributed by atoms with Crippen molar-refractivity contribution in [3.05, 3.63) is 0 Å². The molecular formula is C15H30N2O. The van der Waals surface area contributed by atoms with E-state index in [0.717, 1.165) is 32.2 Å². The van der Waals surface area contributed by atoms with Gasteiger partial charge in [0.2, 0.25) is 0 Å².